The van der Waals surface area contributed by atoms with Crippen LogP contribution in [0.3, 0.4) is 0 Å². The van der Waals surface area contributed by atoms with E-state index in [0.29, 0.717) is 29.9 Å². The Labute approximate surface area is 121 Å². The molecule has 0 unspecified atom stereocenters. The van der Waals surface area contributed by atoms with E-state index in [1.807, 2.05) is 25.2 Å². The molecule has 0 aromatic heterocycles. The van der Waals surface area contributed by atoms with Gasteiger partial charge in [0.15, 0.2) is 0 Å². The maximum atomic E-state index is 6.15. The van der Waals surface area contributed by atoms with Crippen molar-refractivity contribution in [3.05, 3.63) is 28.8 Å². The number of hydrogen-bond donors (Lipinski definition) is 1. The minimum Gasteiger partial charge on any atom is -0.490 e. The molecule has 0 amide bonds. The van der Waals surface area contributed by atoms with Crippen LogP contribution >= 0.6 is 11.6 Å². The van der Waals surface area contributed by atoms with E-state index in [1.54, 1.807) is 0 Å². The molecule has 0 saturated carbocycles. The van der Waals surface area contributed by atoms with Crippen molar-refractivity contribution < 1.29 is 9.47 Å². The molecule has 0 aliphatic rings. The number of halogens is 1. The first-order valence-corrected chi connectivity index (χ1v) is 7.15. The Morgan fingerprint density at radius 1 is 1.21 bits per heavy atom. The van der Waals surface area contributed by atoms with E-state index in [2.05, 4.69) is 19.2 Å². The fourth-order valence-corrected chi connectivity index (χ4v) is 1.86. The zero-order chi connectivity index (χ0) is 14.1. The van der Waals surface area contributed by atoms with E-state index in [4.69, 9.17) is 21.1 Å². The molecule has 0 saturated heterocycles. The molecule has 3 nitrogen and oxygen atoms in total. The fraction of sp³-hybridized carbons (Fsp3) is 0.600. The minimum atomic E-state index is 0.531. The summed E-state index contributed by atoms with van der Waals surface area (Å²) in [6.45, 7) is 7.09. The second-order valence-corrected chi connectivity index (χ2v) is 5.35. The SMILES string of the molecule is CNCc1ccc(OCCOCCC(C)C)c(Cl)c1. The van der Waals surface area contributed by atoms with E-state index < -0.39 is 0 Å². The van der Waals surface area contributed by atoms with Crippen LogP contribution in [0.4, 0.5) is 0 Å². The van der Waals surface area contributed by atoms with E-state index in [1.165, 1.54) is 0 Å². The van der Waals surface area contributed by atoms with Gasteiger partial charge in [-0.05, 0) is 37.1 Å². The standard InChI is InChI=1S/C15H24ClNO2/c1-12(2)6-7-18-8-9-19-15-5-4-13(11-17-3)10-14(15)16/h4-5,10,12,17H,6-9,11H2,1-3H3. The summed E-state index contributed by atoms with van der Waals surface area (Å²) in [4.78, 5) is 0. The van der Waals surface area contributed by atoms with Crippen molar-refractivity contribution in [1.82, 2.24) is 5.32 Å². The number of nitrogens with one attached hydrogen (secondary N) is 1. The molecule has 19 heavy (non-hydrogen) atoms. The van der Waals surface area contributed by atoms with Gasteiger partial charge in [0.05, 0.1) is 11.6 Å². The van der Waals surface area contributed by atoms with Gasteiger partial charge in [0.2, 0.25) is 0 Å². The van der Waals surface area contributed by atoms with Gasteiger partial charge in [0.25, 0.3) is 0 Å². The smallest absolute Gasteiger partial charge is 0.138 e. The summed E-state index contributed by atoms with van der Waals surface area (Å²) >= 11 is 6.15. The van der Waals surface area contributed by atoms with Gasteiger partial charge in [-0.2, -0.15) is 0 Å². The van der Waals surface area contributed by atoms with E-state index in [9.17, 15) is 0 Å². The van der Waals surface area contributed by atoms with E-state index >= 15 is 0 Å². The summed E-state index contributed by atoms with van der Waals surface area (Å²) in [5, 5.41) is 3.73. The Morgan fingerprint density at radius 3 is 2.63 bits per heavy atom. The molecule has 1 aromatic carbocycles. The predicted molar refractivity (Wildman–Crippen MR) is 80.0 cm³/mol. The number of benzene rings is 1. The van der Waals surface area contributed by atoms with Gasteiger partial charge in [0.1, 0.15) is 12.4 Å². The molecule has 1 aromatic rings. The average molecular weight is 286 g/mol. The second-order valence-electron chi connectivity index (χ2n) is 4.94. The Hall–Kier alpha value is -0.770. The lowest BCUT2D eigenvalue weighted by Gasteiger charge is -2.10. The number of ether oxygens (including phenoxy) is 2. The van der Waals surface area contributed by atoms with Crippen LogP contribution in [0.5, 0.6) is 5.75 Å². The Bertz CT molecular complexity index is 369. The summed E-state index contributed by atoms with van der Waals surface area (Å²) in [5.41, 5.74) is 1.15. The number of rotatable bonds is 9. The third-order valence-corrected chi connectivity index (χ3v) is 3.00. The van der Waals surface area contributed by atoms with Crippen molar-refractivity contribution in [3.8, 4) is 5.75 Å². The third kappa shape index (κ3) is 6.81. The topological polar surface area (TPSA) is 30.5 Å². The largest absolute Gasteiger partial charge is 0.490 e. The van der Waals surface area contributed by atoms with Crippen LogP contribution < -0.4 is 10.1 Å². The van der Waals surface area contributed by atoms with Crippen LogP contribution in [-0.2, 0) is 11.3 Å². The molecule has 4 heteroatoms. The Morgan fingerprint density at radius 2 is 2.00 bits per heavy atom. The molecular formula is C15H24ClNO2. The van der Waals surface area contributed by atoms with Crippen molar-refractivity contribution in [2.75, 3.05) is 26.9 Å². The van der Waals surface area contributed by atoms with E-state index in [0.717, 1.165) is 25.1 Å². The highest BCUT2D eigenvalue weighted by atomic mass is 35.5. The van der Waals surface area contributed by atoms with Gasteiger partial charge in [-0.3, -0.25) is 0 Å². The summed E-state index contributed by atoms with van der Waals surface area (Å²) in [6, 6.07) is 5.84. The second kappa shape index (κ2) is 9.18. The highest BCUT2D eigenvalue weighted by Gasteiger charge is 2.03. The molecule has 0 radical (unpaired) electrons. The normalized spacial score (nSPS) is 11.0. The van der Waals surface area contributed by atoms with Crippen molar-refractivity contribution in [2.45, 2.75) is 26.8 Å². The maximum absolute atomic E-state index is 6.15. The molecule has 0 aliphatic heterocycles. The summed E-state index contributed by atoms with van der Waals surface area (Å²) in [5.74, 6) is 1.39. The van der Waals surface area contributed by atoms with Gasteiger partial charge < -0.3 is 14.8 Å². The molecule has 0 fully saturated rings. The van der Waals surface area contributed by atoms with Crippen LogP contribution in [-0.4, -0.2) is 26.9 Å². The van der Waals surface area contributed by atoms with Crippen molar-refractivity contribution in [3.63, 3.8) is 0 Å². The van der Waals surface area contributed by atoms with Gasteiger partial charge in [0, 0.05) is 13.2 Å². The van der Waals surface area contributed by atoms with Gasteiger partial charge >= 0.3 is 0 Å². The molecule has 0 aliphatic carbocycles. The molecule has 1 N–H and O–H groups in total. The van der Waals surface area contributed by atoms with Crippen LogP contribution in [0.15, 0.2) is 18.2 Å². The van der Waals surface area contributed by atoms with Crippen molar-refractivity contribution >= 4 is 11.6 Å². The quantitative estimate of drug-likeness (QED) is 0.705. The fourth-order valence-electron chi connectivity index (χ4n) is 1.61. The van der Waals surface area contributed by atoms with Crippen molar-refractivity contribution in [1.29, 1.82) is 0 Å². The third-order valence-electron chi connectivity index (χ3n) is 2.70. The molecule has 0 spiro atoms. The monoisotopic (exact) mass is 285 g/mol. The van der Waals surface area contributed by atoms with Gasteiger partial charge in [-0.25, -0.2) is 0 Å². The highest BCUT2D eigenvalue weighted by molar-refractivity contribution is 6.32. The number of hydrogen-bond acceptors (Lipinski definition) is 3. The zero-order valence-corrected chi connectivity index (χ0v) is 12.8. The lowest BCUT2D eigenvalue weighted by Crippen LogP contribution is -2.09. The van der Waals surface area contributed by atoms with Gasteiger partial charge in [-0.15, -0.1) is 0 Å². The molecular weight excluding hydrogens is 262 g/mol. The summed E-state index contributed by atoms with van der Waals surface area (Å²) < 4.78 is 11.1. The lowest BCUT2D eigenvalue weighted by molar-refractivity contribution is 0.0926. The summed E-state index contributed by atoms with van der Waals surface area (Å²) in [6.07, 6.45) is 1.08. The van der Waals surface area contributed by atoms with Crippen LogP contribution in [0.2, 0.25) is 5.02 Å². The first-order chi connectivity index (χ1) is 9.13. The average Bonchev–Trinajstić information content (AvgIpc) is 2.36. The van der Waals surface area contributed by atoms with Crippen LogP contribution in [0.25, 0.3) is 0 Å². The van der Waals surface area contributed by atoms with E-state index in [-0.39, 0.29) is 0 Å². The predicted octanol–water partition coefficient (Wildman–Crippen LogP) is 3.50. The molecule has 1 rings (SSSR count). The highest BCUT2D eigenvalue weighted by Crippen LogP contribution is 2.25. The minimum absolute atomic E-state index is 0.531. The first kappa shape index (κ1) is 16.3. The maximum Gasteiger partial charge on any atom is 0.138 e. The Kier molecular flexibility index (Phi) is 7.87. The Balaban J connectivity index is 2.25. The zero-order valence-electron chi connectivity index (χ0n) is 12.0. The molecule has 108 valence electrons. The first-order valence-electron chi connectivity index (χ1n) is 6.77. The van der Waals surface area contributed by atoms with Gasteiger partial charge in [-0.1, -0.05) is 31.5 Å². The van der Waals surface area contributed by atoms with Crippen LogP contribution in [0, 0.1) is 5.92 Å². The molecule has 0 bridgehead atoms. The molecule has 0 heterocycles. The van der Waals surface area contributed by atoms with Crippen LogP contribution in [0.1, 0.15) is 25.8 Å². The molecule has 0 atom stereocenters. The summed E-state index contributed by atoms with van der Waals surface area (Å²) in [7, 11) is 1.91. The lowest BCUT2D eigenvalue weighted by atomic mass is 10.1. The van der Waals surface area contributed by atoms with Crippen molar-refractivity contribution in [2.24, 2.45) is 5.92 Å².